The van der Waals surface area contributed by atoms with E-state index < -0.39 is 46.8 Å². The van der Waals surface area contributed by atoms with Crippen molar-refractivity contribution in [3.05, 3.63) is 64.7 Å². The number of carbonyl (C=O) groups is 1. The highest BCUT2D eigenvalue weighted by Gasteiger charge is 2.37. The second-order valence-electron chi connectivity index (χ2n) is 5.35. The van der Waals surface area contributed by atoms with Gasteiger partial charge in [0.05, 0.1) is 11.1 Å². The van der Waals surface area contributed by atoms with Crippen LogP contribution in [0.5, 0.6) is 0 Å². The van der Waals surface area contributed by atoms with Crippen molar-refractivity contribution in [1.29, 1.82) is 0 Å². The van der Waals surface area contributed by atoms with Gasteiger partial charge in [0, 0.05) is 12.2 Å². The fraction of sp³-hybridized carbons (Fsp3) is 0.188. The minimum Gasteiger partial charge on any atom is -0.334 e. The molecule has 0 atom stereocenters. The van der Waals surface area contributed by atoms with E-state index >= 15 is 0 Å². The van der Waals surface area contributed by atoms with Crippen LogP contribution in [0.3, 0.4) is 0 Å². The summed E-state index contributed by atoms with van der Waals surface area (Å²) in [6.07, 6.45) is -10.1. The average molecular weight is 398 g/mol. The van der Waals surface area contributed by atoms with E-state index in [2.05, 4.69) is 5.32 Å². The van der Waals surface area contributed by atoms with Crippen LogP contribution < -0.4 is 10.6 Å². The van der Waals surface area contributed by atoms with Crippen LogP contribution >= 0.6 is 0 Å². The quantitative estimate of drug-likeness (QED) is 0.675. The second-order valence-corrected chi connectivity index (χ2v) is 5.35. The van der Waals surface area contributed by atoms with Gasteiger partial charge in [-0.2, -0.15) is 26.3 Å². The Bertz CT molecular complexity index is 813. The molecule has 2 rings (SSSR count). The number of hydrogen-bond donors (Lipinski definition) is 2. The zero-order valence-corrected chi connectivity index (χ0v) is 13.1. The van der Waals surface area contributed by atoms with Crippen molar-refractivity contribution in [2.24, 2.45) is 0 Å². The summed E-state index contributed by atoms with van der Waals surface area (Å²) in [4.78, 5) is 11.7. The third-order valence-corrected chi connectivity index (χ3v) is 3.28. The molecule has 0 saturated carbocycles. The zero-order chi connectivity index (χ0) is 20.4. The van der Waals surface area contributed by atoms with Crippen LogP contribution in [0.2, 0.25) is 0 Å². The third-order valence-electron chi connectivity index (χ3n) is 3.28. The number of rotatable bonds is 3. The van der Waals surface area contributed by atoms with Gasteiger partial charge in [0.2, 0.25) is 0 Å². The number of nitrogens with one attached hydrogen (secondary N) is 2. The van der Waals surface area contributed by atoms with Crippen molar-refractivity contribution in [1.82, 2.24) is 5.32 Å². The normalized spacial score (nSPS) is 12.0. The summed E-state index contributed by atoms with van der Waals surface area (Å²) in [6, 6.07) is 2.19. The molecule has 0 aliphatic rings. The molecule has 2 aromatic rings. The first-order valence-electron chi connectivity index (χ1n) is 7.14. The van der Waals surface area contributed by atoms with E-state index in [1.54, 1.807) is 0 Å². The second kappa shape index (κ2) is 7.41. The molecule has 0 aromatic heterocycles. The SMILES string of the molecule is O=C(NCc1ccc(F)c(F)c1)Nc1cc(C(F)(F)F)cc(C(F)(F)F)c1. The molecule has 2 N–H and O–H groups in total. The maximum atomic E-state index is 13.0. The summed E-state index contributed by atoms with van der Waals surface area (Å²) in [5.74, 6) is -2.30. The topological polar surface area (TPSA) is 41.1 Å². The lowest BCUT2D eigenvalue weighted by atomic mass is 10.1. The van der Waals surface area contributed by atoms with Gasteiger partial charge in [0.15, 0.2) is 11.6 Å². The number of halogens is 8. The van der Waals surface area contributed by atoms with Crippen molar-refractivity contribution in [3.8, 4) is 0 Å². The van der Waals surface area contributed by atoms with Gasteiger partial charge in [-0.25, -0.2) is 13.6 Å². The molecule has 2 amide bonds. The summed E-state index contributed by atoms with van der Waals surface area (Å²) in [5, 5.41) is 3.95. The van der Waals surface area contributed by atoms with Crippen LogP contribution in [0.4, 0.5) is 45.6 Å². The molecule has 0 fully saturated rings. The molecular formula is C16H10F8N2O. The van der Waals surface area contributed by atoms with Crippen molar-refractivity contribution in [2.45, 2.75) is 18.9 Å². The molecule has 2 aromatic carbocycles. The first kappa shape index (κ1) is 20.5. The number of urea groups is 1. The van der Waals surface area contributed by atoms with Crippen LogP contribution in [-0.4, -0.2) is 6.03 Å². The van der Waals surface area contributed by atoms with Crippen molar-refractivity contribution < 1.29 is 39.9 Å². The van der Waals surface area contributed by atoms with Gasteiger partial charge in [-0.15, -0.1) is 0 Å². The fourth-order valence-electron chi connectivity index (χ4n) is 2.03. The summed E-state index contributed by atoms with van der Waals surface area (Å²) < 4.78 is 102. The van der Waals surface area contributed by atoms with Crippen molar-refractivity contribution in [3.63, 3.8) is 0 Å². The fourth-order valence-corrected chi connectivity index (χ4v) is 2.03. The largest absolute Gasteiger partial charge is 0.416 e. The Kier molecular flexibility index (Phi) is 5.62. The Hall–Kier alpha value is -2.85. The molecule has 0 saturated heterocycles. The van der Waals surface area contributed by atoms with Gasteiger partial charge in [-0.3, -0.25) is 0 Å². The standard InChI is InChI=1S/C16H10F8N2O/c17-12-2-1-8(3-13(12)18)7-25-14(27)26-11-5-9(15(19,20)21)4-10(6-11)16(22,23)24/h1-6H,7H2,(H2,25,26,27). The lowest BCUT2D eigenvalue weighted by Gasteiger charge is -2.15. The highest BCUT2D eigenvalue weighted by molar-refractivity contribution is 5.89. The summed E-state index contributed by atoms with van der Waals surface area (Å²) in [6.45, 7) is -0.339. The molecule has 0 unspecified atom stereocenters. The molecule has 0 spiro atoms. The van der Waals surface area contributed by atoms with Crippen molar-refractivity contribution >= 4 is 11.7 Å². The van der Waals surface area contributed by atoms with Crippen molar-refractivity contribution in [2.75, 3.05) is 5.32 Å². The number of amides is 2. The van der Waals surface area contributed by atoms with Crippen LogP contribution in [-0.2, 0) is 18.9 Å². The van der Waals surface area contributed by atoms with E-state index in [4.69, 9.17) is 0 Å². The third kappa shape index (κ3) is 5.56. The molecule has 146 valence electrons. The summed E-state index contributed by atoms with van der Waals surface area (Å²) in [5.41, 5.74) is -3.79. The molecule has 0 radical (unpaired) electrons. The van der Waals surface area contributed by atoms with Gasteiger partial charge in [-0.05, 0) is 35.9 Å². The lowest BCUT2D eigenvalue weighted by molar-refractivity contribution is -0.143. The predicted octanol–water partition coefficient (Wildman–Crippen LogP) is 5.32. The van der Waals surface area contributed by atoms with E-state index in [1.807, 2.05) is 5.32 Å². The maximum Gasteiger partial charge on any atom is 0.416 e. The molecule has 0 heterocycles. The first-order chi connectivity index (χ1) is 12.4. The average Bonchev–Trinajstić information content (AvgIpc) is 2.54. The highest BCUT2D eigenvalue weighted by Crippen LogP contribution is 2.37. The Balaban J connectivity index is 2.15. The van der Waals surface area contributed by atoms with E-state index in [9.17, 15) is 39.9 Å². The van der Waals surface area contributed by atoms with E-state index in [0.29, 0.717) is 12.1 Å². The van der Waals surface area contributed by atoms with Gasteiger partial charge in [0.25, 0.3) is 0 Å². The van der Waals surface area contributed by atoms with Crippen LogP contribution in [0.25, 0.3) is 0 Å². The first-order valence-corrected chi connectivity index (χ1v) is 7.14. The van der Waals surface area contributed by atoms with Gasteiger partial charge >= 0.3 is 18.4 Å². The number of benzene rings is 2. The Morgan fingerprint density at radius 2 is 1.37 bits per heavy atom. The molecule has 3 nitrogen and oxygen atoms in total. The zero-order valence-electron chi connectivity index (χ0n) is 13.1. The van der Waals surface area contributed by atoms with E-state index in [-0.39, 0.29) is 18.2 Å². The minimum absolute atomic E-state index is 0.0790. The molecular weight excluding hydrogens is 388 g/mol. The number of hydrogen-bond acceptors (Lipinski definition) is 1. The van der Waals surface area contributed by atoms with E-state index in [1.165, 1.54) is 0 Å². The van der Waals surface area contributed by atoms with Gasteiger partial charge in [-0.1, -0.05) is 6.07 Å². The molecule has 0 bridgehead atoms. The van der Waals surface area contributed by atoms with Crippen LogP contribution in [0.15, 0.2) is 36.4 Å². The van der Waals surface area contributed by atoms with Gasteiger partial charge < -0.3 is 10.6 Å². The summed E-state index contributed by atoms with van der Waals surface area (Å²) in [7, 11) is 0. The van der Waals surface area contributed by atoms with E-state index in [0.717, 1.165) is 18.2 Å². The number of alkyl halides is 6. The summed E-state index contributed by atoms with van der Waals surface area (Å²) >= 11 is 0. The van der Waals surface area contributed by atoms with Gasteiger partial charge in [0.1, 0.15) is 0 Å². The Morgan fingerprint density at radius 1 is 0.815 bits per heavy atom. The number of anilines is 1. The predicted molar refractivity (Wildman–Crippen MR) is 78.7 cm³/mol. The molecule has 27 heavy (non-hydrogen) atoms. The van der Waals surface area contributed by atoms with Crippen LogP contribution in [0, 0.1) is 11.6 Å². The molecule has 0 aliphatic heterocycles. The van der Waals surface area contributed by atoms with Crippen LogP contribution in [0.1, 0.15) is 16.7 Å². The maximum absolute atomic E-state index is 13.0. The highest BCUT2D eigenvalue weighted by atomic mass is 19.4. The minimum atomic E-state index is -5.06. The lowest BCUT2D eigenvalue weighted by Crippen LogP contribution is -2.28. The monoisotopic (exact) mass is 398 g/mol. The Labute approximate surface area is 147 Å². The molecule has 11 heteroatoms. The smallest absolute Gasteiger partial charge is 0.334 e. The molecule has 0 aliphatic carbocycles. The Morgan fingerprint density at radius 3 is 1.85 bits per heavy atom. The number of carbonyl (C=O) groups excluding carboxylic acids is 1.